The summed E-state index contributed by atoms with van der Waals surface area (Å²) in [7, 11) is 1.88. The second-order valence-corrected chi connectivity index (χ2v) is 7.06. The van der Waals surface area contributed by atoms with Gasteiger partial charge >= 0.3 is 5.97 Å². The summed E-state index contributed by atoms with van der Waals surface area (Å²) in [5, 5.41) is 14.4. The lowest BCUT2D eigenvalue weighted by Crippen LogP contribution is -2.34. The number of aromatic carboxylic acids is 1. The van der Waals surface area contributed by atoms with Crippen LogP contribution in [0.5, 0.6) is 0 Å². The molecule has 1 aromatic heterocycles. The zero-order valence-corrected chi connectivity index (χ0v) is 15.5. The molecule has 1 atom stereocenters. The largest absolute Gasteiger partial charge is 0.478 e. The average molecular weight is 362 g/mol. The monoisotopic (exact) mass is 361 g/mol. The van der Waals surface area contributed by atoms with Crippen molar-refractivity contribution in [3.63, 3.8) is 0 Å². The summed E-state index contributed by atoms with van der Waals surface area (Å²) in [4.78, 5) is 13.6. The first-order valence-electron chi connectivity index (χ1n) is 8.75. The Labute approximate surface area is 153 Å². The summed E-state index contributed by atoms with van der Waals surface area (Å²) in [5.41, 5.74) is 3.64. The van der Waals surface area contributed by atoms with E-state index in [1.165, 1.54) is 0 Å². The number of piperidine rings is 1. The Kier molecular flexibility index (Phi) is 5.45. The quantitative estimate of drug-likeness (QED) is 0.881. The SMILES string of the molecule is CCc1nn(C)c(Cl)c1CN1CCC[C@@H](c2cccc(C(=O)O)c2)C1. The Morgan fingerprint density at radius 3 is 2.96 bits per heavy atom. The highest BCUT2D eigenvalue weighted by Crippen LogP contribution is 2.30. The van der Waals surface area contributed by atoms with E-state index in [9.17, 15) is 9.90 Å². The van der Waals surface area contributed by atoms with E-state index in [2.05, 4.69) is 16.9 Å². The van der Waals surface area contributed by atoms with Crippen LogP contribution in [0.4, 0.5) is 0 Å². The minimum absolute atomic E-state index is 0.355. The summed E-state index contributed by atoms with van der Waals surface area (Å²) in [5.74, 6) is -0.516. The van der Waals surface area contributed by atoms with Crippen LogP contribution in [-0.2, 0) is 20.0 Å². The minimum atomic E-state index is -0.871. The smallest absolute Gasteiger partial charge is 0.335 e. The normalized spacial score (nSPS) is 18.4. The van der Waals surface area contributed by atoms with Gasteiger partial charge in [-0.2, -0.15) is 5.10 Å². The molecule has 6 heteroatoms. The molecule has 1 saturated heterocycles. The predicted molar refractivity (Wildman–Crippen MR) is 98.2 cm³/mol. The Bertz CT molecular complexity index is 772. The van der Waals surface area contributed by atoms with E-state index in [0.29, 0.717) is 16.6 Å². The maximum Gasteiger partial charge on any atom is 0.335 e. The van der Waals surface area contributed by atoms with Crippen LogP contribution in [0, 0.1) is 0 Å². The van der Waals surface area contributed by atoms with Crippen LogP contribution >= 0.6 is 11.6 Å². The summed E-state index contributed by atoms with van der Waals surface area (Å²) in [6, 6.07) is 7.33. The molecule has 1 aliphatic rings. The van der Waals surface area contributed by atoms with Gasteiger partial charge in [0.1, 0.15) is 5.15 Å². The lowest BCUT2D eigenvalue weighted by atomic mass is 9.89. The molecule has 1 aromatic carbocycles. The number of carboxylic acid groups (broad SMARTS) is 1. The molecule has 0 aliphatic carbocycles. The van der Waals surface area contributed by atoms with Crippen molar-refractivity contribution in [3.8, 4) is 0 Å². The number of likely N-dealkylation sites (tertiary alicyclic amines) is 1. The molecule has 2 heterocycles. The number of nitrogens with zero attached hydrogens (tertiary/aromatic N) is 3. The summed E-state index contributed by atoms with van der Waals surface area (Å²) >= 11 is 6.43. The second kappa shape index (κ2) is 7.58. The van der Waals surface area contributed by atoms with Gasteiger partial charge < -0.3 is 5.11 Å². The van der Waals surface area contributed by atoms with Crippen molar-refractivity contribution in [2.24, 2.45) is 7.05 Å². The van der Waals surface area contributed by atoms with Crippen LogP contribution in [0.15, 0.2) is 24.3 Å². The lowest BCUT2D eigenvalue weighted by molar-refractivity contribution is 0.0696. The number of halogens is 1. The van der Waals surface area contributed by atoms with Crippen molar-refractivity contribution in [1.29, 1.82) is 0 Å². The lowest BCUT2D eigenvalue weighted by Gasteiger charge is -2.33. The van der Waals surface area contributed by atoms with E-state index in [1.807, 2.05) is 25.2 Å². The van der Waals surface area contributed by atoms with Crippen molar-refractivity contribution >= 4 is 17.6 Å². The van der Waals surface area contributed by atoms with E-state index in [4.69, 9.17) is 11.6 Å². The minimum Gasteiger partial charge on any atom is -0.478 e. The summed E-state index contributed by atoms with van der Waals surface area (Å²) in [6.07, 6.45) is 3.05. The molecular weight excluding hydrogens is 338 g/mol. The van der Waals surface area contributed by atoms with Gasteiger partial charge in [0.15, 0.2) is 0 Å². The van der Waals surface area contributed by atoms with E-state index >= 15 is 0 Å². The Balaban J connectivity index is 1.76. The standard InChI is InChI=1S/C19H24ClN3O2/c1-3-17-16(18(20)22(2)21-17)12-23-9-5-8-15(11-23)13-6-4-7-14(10-13)19(24)25/h4,6-7,10,15H,3,5,8-9,11-12H2,1-2H3,(H,24,25)/t15-/m1/s1. The van der Waals surface area contributed by atoms with Crippen molar-refractivity contribution < 1.29 is 9.90 Å². The Morgan fingerprint density at radius 1 is 1.44 bits per heavy atom. The zero-order chi connectivity index (χ0) is 18.0. The van der Waals surface area contributed by atoms with Gasteiger partial charge in [0, 0.05) is 25.7 Å². The third-order valence-electron chi connectivity index (χ3n) is 4.98. The van der Waals surface area contributed by atoms with Crippen LogP contribution in [0.3, 0.4) is 0 Å². The number of hydrogen-bond acceptors (Lipinski definition) is 3. The number of hydrogen-bond donors (Lipinski definition) is 1. The topological polar surface area (TPSA) is 58.4 Å². The molecule has 134 valence electrons. The highest BCUT2D eigenvalue weighted by molar-refractivity contribution is 6.30. The molecule has 1 fully saturated rings. The van der Waals surface area contributed by atoms with Gasteiger partial charge in [0.25, 0.3) is 0 Å². The van der Waals surface area contributed by atoms with E-state index in [-0.39, 0.29) is 0 Å². The molecule has 5 nitrogen and oxygen atoms in total. The van der Waals surface area contributed by atoms with Gasteiger partial charge in [0.2, 0.25) is 0 Å². The number of rotatable bonds is 5. The summed E-state index contributed by atoms with van der Waals surface area (Å²) in [6.45, 7) is 4.84. The maximum absolute atomic E-state index is 11.2. The van der Waals surface area contributed by atoms with E-state index in [1.54, 1.807) is 10.7 Å². The highest BCUT2D eigenvalue weighted by atomic mass is 35.5. The molecule has 3 rings (SSSR count). The van der Waals surface area contributed by atoms with Crippen molar-refractivity contribution in [3.05, 3.63) is 51.8 Å². The predicted octanol–water partition coefficient (Wildman–Crippen LogP) is 3.71. The first-order chi connectivity index (χ1) is 12.0. The van der Waals surface area contributed by atoms with Crippen LogP contribution in [0.25, 0.3) is 0 Å². The van der Waals surface area contributed by atoms with Crippen LogP contribution < -0.4 is 0 Å². The fraction of sp³-hybridized carbons (Fsp3) is 0.474. The van der Waals surface area contributed by atoms with Crippen molar-refractivity contribution in [1.82, 2.24) is 14.7 Å². The first-order valence-corrected chi connectivity index (χ1v) is 9.13. The number of carbonyl (C=O) groups is 1. The fourth-order valence-corrected chi connectivity index (χ4v) is 3.87. The molecule has 0 bridgehead atoms. The molecule has 0 saturated carbocycles. The van der Waals surface area contributed by atoms with Gasteiger partial charge in [-0.05, 0) is 49.4 Å². The van der Waals surface area contributed by atoms with Crippen molar-refractivity contribution in [2.75, 3.05) is 13.1 Å². The molecule has 1 aliphatic heterocycles. The van der Waals surface area contributed by atoms with Crippen LogP contribution in [0.1, 0.15) is 52.9 Å². The van der Waals surface area contributed by atoms with Crippen molar-refractivity contribution in [2.45, 2.75) is 38.6 Å². The molecule has 0 radical (unpaired) electrons. The van der Waals surface area contributed by atoms with Gasteiger partial charge in [-0.3, -0.25) is 9.58 Å². The third-order valence-corrected chi connectivity index (χ3v) is 5.45. The molecule has 25 heavy (non-hydrogen) atoms. The molecule has 0 spiro atoms. The molecule has 2 aromatic rings. The van der Waals surface area contributed by atoms with Crippen LogP contribution in [-0.4, -0.2) is 38.8 Å². The van der Waals surface area contributed by atoms with Gasteiger partial charge in [-0.25, -0.2) is 4.79 Å². The Morgan fingerprint density at radius 2 is 2.24 bits per heavy atom. The highest BCUT2D eigenvalue weighted by Gasteiger charge is 2.24. The number of carboxylic acids is 1. The average Bonchev–Trinajstić information content (AvgIpc) is 2.90. The number of aryl methyl sites for hydroxylation is 2. The molecule has 1 N–H and O–H groups in total. The second-order valence-electron chi connectivity index (χ2n) is 6.70. The molecule has 0 amide bonds. The van der Waals surface area contributed by atoms with Gasteiger partial charge in [-0.1, -0.05) is 30.7 Å². The Hall–Kier alpha value is -1.85. The molecular formula is C19H24ClN3O2. The fourth-order valence-electron chi connectivity index (χ4n) is 3.66. The van der Waals surface area contributed by atoms with E-state index < -0.39 is 5.97 Å². The number of aromatic nitrogens is 2. The third kappa shape index (κ3) is 3.88. The zero-order valence-electron chi connectivity index (χ0n) is 14.7. The number of benzene rings is 1. The van der Waals surface area contributed by atoms with Crippen LogP contribution in [0.2, 0.25) is 5.15 Å². The first kappa shape index (κ1) is 18.0. The maximum atomic E-state index is 11.2. The summed E-state index contributed by atoms with van der Waals surface area (Å²) < 4.78 is 1.74. The van der Waals surface area contributed by atoms with Gasteiger partial charge in [-0.15, -0.1) is 0 Å². The molecule has 0 unspecified atom stereocenters. The van der Waals surface area contributed by atoms with E-state index in [0.717, 1.165) is 55.7 Å². The van der Waals surface area contributed by atoms with Gasteiger partial charge in [0.05, 0.1) is 11.3 Å².